The van der Waals surface area contributed by atoms with E-state index in [4.69, 9.17) is 0 Å². The third-order valence-corrected chi connectivity index (χ3v) is 6.69. The molecule has 0 aliphatic heterocycles. The van der Waals surface area contributed by atoms with Gasteiger partial charge in [-0.2, -0.15) is 10.2 Å². The first-order chi connectivity index (χ1) is 17.7. The first kappa shape index (κ1) is 24.6. The van der Waals surface area contributed by atoms with Crippen LogP contribution in [0.2, 0.25) is 0 Å². The van der Waals surface area contributed by atoms with Gasteiger partial charge >= 0.3 is 0 Å². The molecular weight excluding hydrogens is 475 g/mol. The van der Waals surface area contributed by atoms with Crippen molar-refractivity contribution in [2.75, 3.05) is 5.32 Å². The number of H-pyrrole nitrogens is 1. The van der Waals surface area contributed by atoms with Crippen LogP contribution in [0, 0.1) is 25.6 Å². The van der Waals surface area contributed by atoms with Gasteiger partial charge in [-0.25, -0.2) is 19.0 Å². The molecule has 0 radical (unpaired) electrons. The Morgan fingerprint density at radius 3 is 2.76 bits per heavy atom. The fourth-order valence-electron chi connectivity index (χ4n) is 4.69. The van der Waals surface area contributed by atoms with E-state index in [1.165, 1.54) is 10.9 Å². The molecule has 0 saturated heterocycles. The van der Waals surface area contributed by atoms with Gasteiger partial charge in [-0.15, -0.1) is 0 Å². The number of aromatic nitrogens is 6. The average Bonchev–Trinajstić information content (AvgIpc) is 3.59. The Morgan fingerprint density at radius 1 is 1.24 bits per heavy atom. The van der Waals surface area contributed by atoms with Crippen molar-refractivity contribution in [1.29, 1.82) is 0 Å². The molecule has 3 atom stereocenters. The van der Waals surface area contributed by atoms with Gasteiger partial charge in [0, 0.05) is 23.9 Å². The van der Waals surface area contributed by atoms with Gasteiger partial charge in [0.2, 0.25) is 5.91 Å². The molecule has 5 rings (SSSR count). The van der Waals surface area contributed by atoms with Crippen molar-refractivity contribution < 1.29 is 14.3 Å². The summed E-state index contributed by atoms with van der Waals surface area (Å²) in [6.07, 6.45) is 5.27. The van der Waals surface area contributed by atoms with Crippen molar-refractivity contribution >= 4 is 17.5 Å². The van der Waals surface area contributed by atoms with Crippen LogP contribution < -0.4 is 10.6 Å². The second kappa shape index (κ2) is 9.74. The van der Waals surface area contributed by atoms with Crippen molar-refractivity contribution in [2.24, 2.45) is 5.92 Å². The molecule has 4 heterocycles. The van der Waals surface area contributed by atoms with Crippen LogP contribution in [0.4, 0.5) is 16.0 Å². The number of nitrogens with one attached hydrogen (secondary N) is 3. The smallest absolute Gasteiger partial charge is 0.223 e. The maximum atomic E-state index is 13.2. The summed E-state index contributed by atoms with van der Waals surface area (Å²) in [5.74, 6) is 0.799. The Morgan fingerprint density at radius 2 is 2.08 bits per heavy atom. The molecule has 11 heteroatoms. The van der Waals surface area contributed by atoms with Crippen molar-refractivity contribution in [2.45, 2.75) is 51.7 Å². The Bertz CT molecular complexity index is 1420. The first-order valence-corrected chi connectivity index (χ1v) is 12.2. The minimum Gasteiger partial charge on any atom is -0.384 e. The topological polar surface area (TPSA) is 134 Å². The number of hydrogen-bond donors (Lipinski definition) is 4. The van der Waals surface area contributed by atoms with Crippen LogP contribution in [0.1, 0.15) is 54.7 Å². The van der Waals surface area contributed by atoms with Gasteiger partial charge in [-0.05, 0) is 69.4 Å². The Hall–Kier alpha value is -4.12. The number of carbonyl (C=O) groups excluding carboxylic acids is 1. The highest BCUT2D eigenvalue weighted by atomic mass is 19.1. The van der Waals surface area contributed by atoms with E-state index in [2.05, 4.69) is 35.9 Å². The third-order valence-electron chi connectivity index (χ3n) is 6.69. The summed E-state index contributed by atoms with van der Waals surface area (Å²) in [5, 5.41) is 28.6. The monoisotopic (exact) mass is 504 g/mol. The number of anilines is 2. The van der Waals surface area contributed by atoms with Crippen LogP contribution in [0.5, 0.6) is 0 Å². The largest absolute Gasteiger partial charge is 0.384 e. The number of halogens is 1. The number of aromatic amines is 1. The van der Waals surface area contributed by atoms with E-state index in [-0.39, 0.29) is 24.3 Å². The van der Waals surface area contributed by atoms with Crippen molar-refractivity contribution in [3.05, 3.63) is 77.3 Å². The molecule has 37 heavy (non-hydrogen) atoms. The molecule has 0 aromatic carbocycles. The lowest BCUT2D eigenvalue weighted by Gasteiger charge is -2.24. The Kier molecular flexibility index (Phi) is 6.46. The highest BCUT2D eigenvalue weighted by molar-refractivity contribution is 5.79. The number of rotatable bonds is 7. The maximum absolute atomic E-state index is 13.2. The maximum Gasteiger partial charge on any atom is 0.223 e. The zero-order valence-electron chi connectivity index (χ0n) is 20.9. The van der Waals surface area contributed by atoms with Gasteiger partial charge in [0.15, 0.2) is 17.5 Å². The molecule has 192 valence electrons. The zero-order valence-corrected chi connectivity index (χ0v) is 20.9. The summed E-state index contributed by atoms with van der Waals surface area (Å²) in [6, 6.07) is 8.88. The summed E-state index contributed by atoms with van der Waals surface area (Å²) in [5.41, 5.74) is 2.02. The molecule has 1 unspecified atom stereocenters. The number of amides is 1. The number of aryl methyl sites for hydroxylation is 2. The fraction of sp³-hybridized carbons (Fsp3) is 0.346. The quantitative estimate of drug-likeness (QED) is 0.301. The van der Waals surface area contributed by atoms with E-state index < -0.39 is 11.4 Å². The SMILES string of the molecule is Cc1cc(Nc2cc(C)[nH]n2)nc([C@]2(O)CC[C@@H](C(=O)NC(C)c3ccc(-n4cc(F)cn4)nc3)C2)c1. The van der Waals surface area contributed by atoms with E-state index in [1.807, 2.05) is 45.0 Å². The number of aliphatic hydroxyl groups is 1. The molecule has 0 spiro atoms. The summed E-state index contributed by atoms with van der Waals surface area (Å²) in [4.78, 5) is 22.0. The predicted molar refractivity (Wildman–Crippen MR) is 135 cm³/mol. The normalized spacial score (nSPS) is 20.1. The molecular formula is C26H29FN8O2. The van der Waals surface area contributed by atoms with Crippen molar-refractivity contribution in [3.63, 3.8) is 0 Å². The minimum atomic E-state index is -1.20. The molecule has 1 saturated carbocycles. The van der Waals surface area contributed by atoms with Crippen LogP contribution in [0.3, 0.4) is 0 Å². The van der Waals surface area contributed by atoms with Crippen LogP contribution in [-0.2, 0) is 10.4 Å². The van der Waals surface area contributed by atoms with Gasteiger partial charge < -0.3 is 15.7 Å². The van der Waals surface area contributed by atoms with E-state index in [0.29, 0.717) is 36.0 Å². The van der Waals surface area contributed by atoms with Crippen molar-refractivity contribution in [3.8, 4) is 5.82 Å². The molecule has 10 nitrogen and oxygen atoms in total. The van der Waals surface area contributed by atoms with E-state index in [9.17, 15) is 14.3 Å². The predicted octanol–water partition coefficient (Wildman–Crippen LogP) is 3.75. The second-order valence-corrected chi connectivity index (χ2v) is 9.73. The standard InChI is InChI=1S/C26H29FN8O2/c1-15-8-21(31-22(9-15)32-23-10-16(2)33-34-23)26(37)7-6-18(11-26)25(36)30-17(3)19-4-5-24(28-12-19)35-14-20(27)13-29-35/h4-5,8-10,12-14,17-18,37H,6-7,11H2,1-3H3,(H,30,36)(H2,31,32,33,34)/t17?,18-,26+/m1/s1. The molecule has 1 aliphatic rings. The van der Waals surface area contributed by atoms with Crippen LogP contribution in [0.25, 0.3) is 5.82 Å². The molecule has 0 bridgehead atoms. The summed E-state index contributed by atoms with van der Waals surface area (Å²) in [6.45, 7) is 5.73. The van der Waals surface area contributed by atoms with Crippen LogP contribution >= 0.6 is 0 Å². The lowest BCUT2D eigenvalue weighted by Crippen LogP contribution is -2.33. The van der Waals surface area contributed by atoms with Gasteiger partial charge in [-0.1, -0.05) is 6.07 Å². The number of hydrogen-bond acceptors (Lipinski definition) is 7. The fourth-order valence-corrected chi connectivity index (χ4v) is 4.69. The summed E-state index contributed by atoms with van der Waals surface area (Å²) in [7, 11) is 0. The number of nitrogens with zero attached hydrogens (tertiary/aromatic N) is 5. The molecule has 4 aromatic rings. The van der Waals surface area contributed by atoms with E-state index in [0.717, 1.165) is 23.0 Å². The summed E-state index contributed by atoms with van der Waals surface area (Å²) < 4.78 is 14.6. The second-order valence-electron chi connectivity index (χ2n) is 9.73. The summed E-state index contributed by atoms with van der Waals surface area (Å²) >= 11 is 0. The minimum absolute atomic E-state index is 0.125. The number of pyridine rings is 2. The van der Waals surface area contributed by atoms with Gasteiger partial charge in [-0.3, -0.25) is 9.89 Å². The first-order valence-electron chi connectivity index (χ1n) is 12.2. The highest BCUT2D eigenvalue weighted by Crippen LogP contribution is 2.42. The third kappa shape index (κ3) is 5.36. The Labute approximate surface area is 213 Å². The van der Waals surface area contributed by atoms with Gasteiger partial charge in [0.25, 0.3) is 0 Å². The van der Waals surface area contributed by atoms with E-state index in [1.54, 1.807) is 12.3 Å². The van der Waals surface area contributed by atoms with E-state index >= 15 is 0 Å². The molecule has 4 N–H and O–H groups in total. The molecule has 1 fully saturated rings. The molecule has 4 aromatic heterocycles. The van der Waals surface area contributed by atoms with Gasteiger partial charge in [0.05, 0.1) is 24.1 Å². The van der Waals surface area contributed by atoms with Crippen LogP contribution in [-0.4, -0.2) is 41.0 Å². The highest BCUT2D eigenvalue weighted by Gasteiger charge is 2.43. The van der Waals surface area contributed by atoms with Crippen LogP contribution in [0.15, 0.2) is 48.9 Å². The van der Waals surface area contributed by atoms with Crippen molar-refractivity contribution in [1.82, 2.24) is 35.3 Å². The lowest BCUT2D eigenvalue weighted by molar-refractivity contribution is -0.126. The average molecular weight is 505 g/mol. The Balaban J connectivity index is 1.23. The molecule has 1 amide bonds. The lowest BCUT2D eigenvalue weighted by atomic mass is 9.94. The zero-order chi connectivity index (χ0) is 26.2. The molecule has 1 aliphatic carbocycles. The number of carbonyl (C=O) groups is 1. The van der Waals surface area contributed by atoms with Gasteiger partial charge in [0.1, 0.15) is 11.4 Å².